The highest BCUT2D eigenvalue weighted by Crippen LogP contribution is 2.20. The largest absolute Gasteiger partial charge is 0.481 e. The fraction of sp³-hybridized carbons (Fsp3) is 0.933. The van der Waals surface area contributed by atoms with Crippen LogP contribution in [0.3, 0.4) is 0 Å². The third-order valence-electron chi connectivity index (χ3n) is 3.72. The number of carboxylic acid groups (broad SMARTS) is 1. The van der Waals surface area contributed by atoms with E-state index in [4.69, 9.17) is 5.11 Å². The number of unbranched alkanes of at least 4 members (excludes halogenated alkanes) is 1. The van der Waals surface area contributed by atoms with Crippen LogP contribution in [0.25, 0.3) is 0 Å². The number of nitrogens with zero attached hydrogens (tertiary/aromatic N) is 1. The van der Waals surface area contributed by atoms with Gasteiger partial charge in [0.2, 0.25) is 0 Å². The fourth-order valence-corrected chi connectivity index (χ4v) is 2.81. The van der Waals surface area contributed by atoms with Crippen molar-refractivity contribution in [3.05, 3.63) is 0 Å². The zero-order valence-corrected chi connectivity index (χ0v) is 12.7. The summed E-state index contributed by atoms with van der Waals surface area (Å²) < 4.78 is 0. The van der Waals surface area contributed by atoms with Gasteiger partial charge in [-0.3, -0.25) is 4.79 Å². The van der Waals surface area contributed by atoms with Gasteiger partial charge in [-0.15, -0.1) is 0 Å². The maximum atomic E-state index is 10.9. The number of piperidine rings is 1. The quantitative estimate of drug-likeness (QED) is 0.710. The number of rotatable bonds is 8. The van der Waals surface area contributed by atoms with E-state index in [-0.39, 0.29) is 0 Å². The zero-order valence-electron chi connectivity index (χ0n) is 12.7. The number of carbonyl (C=O) groups is 1. The van der Waals surface area contributed by atoms with E-state index in [1.807, 2.05) is 0 Å². The molecule has 2 N–H and O–H groups in total. The molecule has 2 atom stereocenters. The predicted octanol–water partition coefficient (Wildman–Crippen LogP) is 2.20. The summed E-state index contributed by atoms with van der Waals surface area (Å²) in [5.41, 5.74) is 0. The molecule has 112 valence electrons. The number of hydrogen-bond acceptors (Lipinski definition) is 3. The summed E-state index contributed by atoms with van der Waals surface area (Å²) in [7, 11) is 0. The normalized spacial score (nSPS) is 24.8. The molecule has 1 rings (SSSR count). The van der Waals surface area contributed by atoms with Gasteiger partial charge in [-0.1, -0.05) is 27.2 Å². The molecule has 0 amide bonds. The maximum Gasteiger partial charge on any atom is 0.303 e. The highest BCUT2D eigenvalue weighted by Gasteiger charge is 2.28. The van der Waals surface area contributed by atoms with Gasteiger partial charge >= 0.3 is 5.97 Å². The molecule has 0 radical (unpaired) electrons. The molecule has 0 spiro atoms. The molecule has 1 aliphatic rings. The SMILES string of the molecule is CCCCN1CC(CC(=O)O)CC(NCC(C)C)C1. The van der Waals surface area contributed by atoms with Crippen molar-refractivity contribution in [2.24, 2.45) is 11.8 Å². The Hall–Kier alpha value is -0.610. The lowest BCUT2D eigenvalue weighted by Gasteiger charge is -2.38. The summed E-state index contributed by atoms with van der Waals surface area (Å²) in [5.74, 6) is 0.279. The predicted molar refractivity (Wildman–Crippen MR) is 78.3 cm³/mol. The lowest BCUT2D eigenvalue weighted by molar-refractivity contribution is -0.138. The first-order chi connectivity index (χ1) is 9.01. The summed E-state index contributed by atoms with van der Waals surface area (Å²) in [6, 6.07) is 0.456. The van der Waals surface area contributed by atoms with Crippen molar-refractivity contribution in [2.45, 2.75) is 52.5 Å². The summed E-state index contributed by atoms with van der Waals surface area (Å²) in [4.78, 5) is 13.4. The number of likely N-dealkylation sites (tertiary alicyclic amines) is 1. The summed E-state index contributed by atoms with van der Waals surface area (Å²) in [6.45, 7) is 10.8. The van der Waals surface area contributed by atoms with Crippen LogP contribution < -0.4 is 5.32 Å². The second-order valence-corrected chi connectivity index (χ2v) is 6.31. The molecule has 1 heterocycles. The molecule has 2 unspecified atom stereocenters. The van der Waals surface area contributed by atoms with Gasteiger partial charge in [-0.05, 0) is 37.8 Å². The van der Waals surface area contributed by atoms with E-state index in [1.165, 1.54) is 12.8 Å². The number of carboxylic acids is 1. The zero-order chi connectivity index (χ0) is 14.3. The molecule has 19 heavy (non-hydrogen) atoms. The smallest absolute Gasteiger partial charge is 0.303 e. The highest BCUT2D eigenvalue weighted by molar-refractivity contribution is 5.67. The van der Waals surface area contributed by atoms with Crippen LogP contribution in [0.4, 0.5) is 0 Å². The molecule has 0 aliphatic carbocycles. The van der Waals surface area contributed by atoms with Gasteiger partial charge in [0.15, 0.2) is 0 Å². The van der Waals surface area contributed by atoms with E-state index < -0.39 is 5.97 Å². The van der Waals surface area contributed by atoms with E-state index in [9.17, 15) is 4.79 Å². The van der Waals surface area contributed by atoms with E-state index in [2.05, 4.69) is 31.0 Å². The molecule has 4 heteroatoms. The Morgan fingerprint density at radius 1 is 1.42 bits per heavy atom. The molecule has 4 nitrogen and oxygen atoms in total. The van der Waals surface area contributed by atoms with E-state index in [0.717, 1.165) is 32.6 Å². The third-order valence-corrected chi connectivity index (χ3v) is 3.72. The fourth-order valence-electron chi connectivity index (χ4n) is 2.81. The van der Waals surface area contributed by atoms with Gasteiger partial charge < -0.3 is 15.3 Å². The average molecular weight is 270 g/mol. The molecule has 1 fully saturated rings. The minimum absolute atomic E-state index is 0.299. The monoisotopic (exact) mass is 270 g/mol. The molecule has 1 aliphatic heterocycles. The second-order valence-electron chi connectivity index (χ2n) is 6.31. The van der Waals surface area contributed by atoms with Gasteiger partial charge in [-0.25, -0.2) is 0 Å². The summed E-state index contributed by atoms with van der Waals surface area (Å²) >= 11 is 0. The van der Waals surface area contributed by atoms with Gasteiger partial charge in [0.05, 0.1) is 0 Å². The lowest BCUT2D eigenvalue weighted by Crippen LogP contribution is -2.50. The van der Waals surface area contributed by atoms with E-state index in [1.54, 1.807) is 0 Å². The molecule has 0 saturated carbocycles. The Bertz CT molecular complexity index is 269. The Morgan fingerprint density at radius 2 is 2.16 bits per heavy atom. The van der Waals surface area contributed by atoms with E-state index >= 15 is 0 Å². The molecule has 0 aromatic rings. The van der Waals surface area contributed by atoms with Crippen molar-refractivity contribution < 1.29 is 9.90 Å². The first kappa shape index (κ1) is 16.4. The van der Waals surface area contributed by atoms with Crippen LogP contribution in [-0.4, -0.2) is 48.2 Å². The van der Waals surface area contributed by atoms with Gasteiger partial charge in [-0.2, -0.15) is 0 Å². The topological polar surface area (TPSA) is 52.6 Å². The standard InChI is InChI=1S/C15H30N2O2/c1-4-5-6-17-10-13(8-15(18)19)7-14(11-17)16-9-12(2)3/h12-14,16H,4-11H2,1-3H3,(H,18,19). The molecular weight excluding hydrogens is 240 g/mol. The number of hydrogen-bond donors (Lipinski definition) is 2. The van der Waals surface area contributed by atoms with Crippen LogP contribution in [0, 0.1) is 11.8 Å². The van der Waals surface area contributed by atoms with Crippen molar-refractivity contribution in [2.75, 3.05) is 26.2 Å². The Morgan fingerprint density at radius 3 is 2.74 bits per heavy atom. The Kier molecular flexibility index (Phi) is 7.39. The first-order valence-electron chi connectivity index (χ1n) is 7.68. The van der Waals surface area contributed by atoms with Crippen LogP contribution in [0.5, 0.6) is 0 Å². The Labute approximate surface area is 117 Å². The highest BCUT2D eigenvalue weighted by atomic mass is 16.4. The van der Waals surface area contributed by atoms with Gasteiger partial charge in [0.25, 0.3) is 0 Å². The van der Waals surface area contributed by atoms with Crippen LogP contribution in [0.15, 0.2) is 0 Å². The van der Waals surface area contributed by atoms with Crippen LogP contribution in [-0.2, 0) is 4.79 Å². The minimum atomic E-state index is -0.662. The average Bonchev–Trinajstić information content (AvgIpc) is 2.33. The summed E-state index contributed by atoms with van der Waals surface area (Å²) in [6.07, 6.45) is 3.71. The minimum Gasteiger partial charge on any atom is -0.481 e. The van der Waals surface area contributed by atoms with Crippen molar-refractivity contribution in [1.82, 2.24) is 10.2 Å². The van der Waals surface area contributed by atoms with E-state index in [0.29, 0.717) is 24.3 Å². The van der Waals surface area contributed by atoms with Crippen LogP contribution in [0.1, 0.15) is 46.5 Å². The first-order valence-corrected chi connectivity index (χ1v) is 7.68. The molecule has 0 aromatic heterocycles. The van der Waals surface area contributed by atoms with Crippen molar-refractivity contribution in [3.8, 4) is 0 Å². The van der Waals surface area contributed by atoms with Crippen LogP contribution in [0.2, 0.25) is 0 Å². The number of nitrogens with one attached hydrogen (secondary N) is 1. The second kappa shape index (κ2) is 8.54. The van der Waals surface area contributed by atoms with Crippen LogP contribution >= 0.6 is 0 Å². The van der Waals surface area contributed by atoms with Crippen molar-refractivity contribution in [3.63, 3.8) is 0 Å². The van der Waals surface area contributed by atoms with Crippen molar-refractivity contribution >= 4 is 5.97 Å². The molecule has 0 bridgehead atoms. The van der Waals surface area contributed by atoms with Gasteiger partial charge in [0.1, 0.15) is 0 Å². The molecule has 0 aromatic carbocycles. The molecular formula is C15H30N2O2. The molecule has 1 saturated heterocycles. The maximum absolute atomic E-state index is 10.9. The Balaban J connectivity index is 2.47. The van der Waals surface area contributed by atoms with Gasteiger partial charge in [0, 0.05) is 25.6 Å². The van der Waals surface area contributed by atoms with Crippen molar-refractivity contribution in [1.29, 1.82) is 0 Å². The number of aliphatic carboxylic acids is 1. The lowest BCUT2D eigenvalue weighted by atomic mass is 9.91. The summed E-state index contributed by atoms with van der Waals surface area (Å²) in [5, 5.41) is 12.6. The third kappa shape index (κ3) is 6.92.